The predicted molar refractivity (Wildman–Crippen MR) is 147 cm³/mol. The lowest BCUT2D eigenvalue weighted by molar-refractivity contribution is -0.122. The predicted octanol–water partition coefficient (Wildman–Crippen LogP) is 5.06. The van der Waals surface area contributed by atoms with E-state index in [0.29, 0.717) is 26.3 Å². The summed E-state index contributed by atoms with van der Waals surface area (Å²) in [6.07, 6.45) is 0. The molecule has 2 aromatic carbocycles. The molecule has 2 aliphatic rings. The number of anilines is 2. The molecule has 37 heavy (non-hydrogen) atoms. The van der Waals surface area contributed by atoms with Crippen molar-refractivity contribution in [3.63, 3.8) is 0 Å². The van der Waals surface area contributed by atoms with Crippen molar-refractivity contribution < 1.29 is 14.4 Å². The van der Waals surface area contributed by atoms with Gasteiger partial charge < -0.3 is 5.32 Å². The third kappa shape index (κ3) is 4.23. The van der Waals surface area contributed by atoms with E-state index < -0.39 is 17.1 Å². The number of hydrogen-bond donors (Lipinski definition) is 1. The van der Waals surface area contributed by atoms with Gasteiger partial charge in [0.05, 0.1) is 16.6 Å². The lowest BCUT2D eigenvalue weighted by Crippen LogP contribution is -2.32. The molecule has 186 valence electrons. The molecule has 3 atom stereocenters. The molecule has 7 nitrogen and oxygen atoms in total. The van der Waals surface area contributed by atoms with Crippen LogP contribution in [0.1, 0.15) is 15.7 Å². The molecule has 0 radical (unpaired) electrons. The Hall–Kier alpha value is -3.18. The van der Waals surface area contributed by atoms with Gasteiger partial charge in [0.1, 0.15) is 11.8 Å². The Morgan fingerprint density at radius 2 is 1.70 bits per heavy atom. The van der Waals surface area contributed by atoms with Gasteiger partial charge in [-0.05, 0) is 47.8 Å². The fourth-order valence-corrected chi connectivity index (χ4v) is 8.59. The van der Waals surface area contributed by atoms with Crippen LogP contribution in [0.5, 0.6) is 0 Å². The van der Waals surface area contributed by atoms with Crippen LogP contribution in [0.2, 0.25) is 5.02 Å². The summed E-state index contributed by atoms with van der Waals surface area (Å²) < 4.78 is 1.41. The van der Waals surface area contributed by atoms with Gasteiger partial charge in [0.2, 0.25) is 17.7 Å². The molecule has 0 aliphatic carbocycles. The molecule has 1 saturated heterocycles. The quantitative estimate of drug-likeness (QED) is 0.341. The first-order chi connectivity index (χ1) is 17.9. The second-order valence-electron chi connectivity index (χ2n) is 8.58. The number of thiazole rings is 1. The zero-order valence-electron chi connectivity index (χ0n) is 19.0. The Kier molecular flexibility index (Phi) is 6.28. The first kappa shape index (κ1) is 24.2. The summed E-state index contributed by atoms with van der Waals surface area (Å²) in [7, 11) is 0. The van der Waals surface area contributed by atoms with Gasteiger partial charge in [-0.2, -0.15) is 0 Å². The van der Waals surface area contributed by atoms with Crippen LogP contribution in [0, 0.1) is 5.92 Å². The minimum Gasteiger partial charge on any atom is -0.325 e. The minimum atomic E-state index is -0.702. The summed E-state index contributed by atoms with van der Waals surface area (Å²) in [6, 6.07) is 19.4. The highest BCUT2D eigenvalue weighted by molar-refractivity contribution is 8.00. The normalized spacial score (nSPS) is 20.6. The molecule has 3 amide bonds. The van der Waals surface area contributed by atoms with E-state index in [0.717, 1.165) is 16.2 Å². The monoisotopic (exact) mass is 567 g/mol. The van der Waals surface area contributed by atoms with E-state index in [1.807, 2.05) is 23.6 Å². The number of nitrogens with zero attached hydrogens (tertiary/aromatic N) is 2. The Morgan fingerprint density at radius 3 is 2.41 bits per heavy atom. The molecule has 4 aromatic rings. The van der Waals surface area contributed by atoms with Crippen LogP contribution in [-0.2, 0) is 20.9 Å². The number of benzene rings is 2. The summed E-state index contributed by atoms with van der Waals surface area (Å²) in [5.74, 6) is -2.04. The standard InChI is InChI=1S/C26H18ClN3O4S3/c27-14-8-10-15(11-9-14)28-18(31)13-29-25-22(37-26(29)34)19(17-7-4-12-35-17)20-21(36-25)24(33)30(23(20)32)16-5-2-1-3-6-16/h1-12,19-21H,13H2,(H,28,31)/t19-,20-,21+/m0/s1. The molecule has 1 N–H and O–H groups in total. The van der Waals surface area contributed by atoms with E-state index in [-0.39, 0.29) is 29.1 Å². The molecule has 1 fully saturated rings. The first-order valence-corrected chi connectivity index (χ1v) is 14.3. The fourth-order valence-electron chi connectivity index (χ4n) is 4.74. The van der Waals surface area contributed by atoms with Crippen LogP contribution in [0.15, 0.2) is 81.9 Å². The van der Waals surface area contributed by atoms with E-state index in [9.17, 15) is 19.2 Å². The molecule has 0 saturated carbocycles. The number of thioether (sulfide) groups is 1. The summed E-state index contributed by atoms with van der Waals surface area (Å²) in [6.45, 7) is -0.209. The number of carbonyl (C=O) groups excluding carboxylic acids is 3. The Balaban J connectivity index is 1.38. The molecular weight excluding hydrogens is 550 g/mol. The highest BCUT2D eigenvalue weighted by Gasteiger charge is 2.57. The Bertz CT molecular complexity index is 1560. The summed E-state index contributed by atoms with van der Waals surface area (Å²) >= 11 is 9.65. The summed E-state index contributed by atoms with van der Waals surface area (Å²) in [4.78, 5) is 55.9. The number of imide groups is 1. The molecule has 2 aliphatic heterocycles. The first-order valence-electron chi connectivity index (χ1n) is 11.3. The van der Waals surface area contributed by atoms with Gasteiger partial charge in [0.15, 0.2) is 0 Å². The number of amides is 3. The van der Waals surface area contributed by atoms with Crippen LogP contribution < -0.4 is 15.1 Å². The molecule has 0 spiro atoms. The van der Waals surface area contributed by atoms with E-state index in [4.69, 9.17) is 11.6 Å². The number of aromatic nitrogens is 1. The molecule has 11 heteroatoms. The number of rotatable bonds is 5. The number of halogens is 1. The molecule has 2 aromatic heterocycles. The third-order valence-electron chi connectivity index (χ3n) is 6.34. The van der Waals surface area contributed by atoms with Crippen molar-refractivity contribution in [2.24, 2.45) is 5.92 Å². The van der Waals surface area contributed by atoms with Crippen LogP contribution >= 0.6 is 46.0 Å². The average Bonchev–Trinajstić information content (AvgIpc) is 3.59. The third-order valence-corrected chi connectivity index (χ3v) is 10.2. The van der Waals surface area contributed by atoms with Crippen molar-refractivity contribution in [3.05, 3.63) is 96.6 Å². The van der Waals surface area contributed by atoms with Crippen molar-refractivity contribution in [1.29, 1.82) is 0 Å². The number of thiophene rings is 1. The highest BCUT2D eigenvalue weighted by atomic mass is 35.5. The molecule has 4 heterocycles. The van der Waals surface area contributed by atoms with Crippen molar-refractivity contribution in [2.45, 2.75) is 22.7 Å². The second-order valence-corrected chi connectivity index (χ2v) is 12.1. The van der Waals surface area contributed by atoms with Crippen molar-refractivity contribution >= 4 is 75.1 Å². The van der Waals surface area contributed by atoms with Gasteiger partial charge in [-0.1, -0.05) is 59.0 Å². The van der Waals surface area contributed by atoms with E-state index in [1.165, 1.54) is 32.6 Å². The zero-order valence-corrected chi connectivity index (χ0v) is 22.2. The lowest BCUT2D eigenvalue weighted by atomic mass is 9.87. The average molecular weight is 568 g/mol. The summed E-state index contributed by atoms with van der Waals surface area (Å²) in [5.41, 5.74) is 1.09. The topological polar surface area (TPSA) is 88.5 Å². The fraction of sp³-hybridized carbons (Fsp3) is 0.154. The number of fused-ring (bicyclic) bond motifs is 2. The maximum Gasteiger partial charge on any atom is 0.308 e. The highest BCUT2D eigenvalue weighted by Crippen LogP contribution is 2.54. The Morgan fingerprint density at radius 1 is 0.946 bits per heavy atom. The molecular formula is C26H18ClN3O4S3. The summed E-state index contributed by atoms with van der Waals surface area (Å²) in [5, 5.41) is 5.11. The smallest absolute Gasteiger partial charge is 0.308 e. The molecule has 6 rings (SSSR count). The number of para-hydroxylation sites is 1. The van der Waals surface area contributed by atoms with Crippen LogP contribution in [0.4, 0.5) is 11.4 Å². The van der Waals surface area contributed by atoms with Crippen molar-refractivity contribution in [2.75, 3.05) is 10.2 Å². The SMILES string of the molecule is O=C(Cn1c2c(sc1=O)[C@@H](c1cccs1)[C@@H]1C(=O)N(c3ccccc3)C(=O)[C@@H]1S2)Nc1ccc(Cl)cc1. The minimum absolute atomic E-state index is 0.209. The van der Waals surface area contributed by atoms with Gasteiger partial charge in [-0.25, -0.2) is 4.90 Å². The maximum absolute atomic E-state index is 13.7. The zero-order chi connectivity index (χ0) is 25.7. The Labute approximate surface area is 228 Å². The van der Waals surface area contributed by atoms with Gasteiger partial charge in [-0.3, -0.25) is 23.7 Å². The van der Waals surface area contributed by atoms with Crippen LogP contribution in [-0.4, -0.2) is 27.5 Å². The van der Waals surface area contributed by atoms with Gasteiger partial charge in [0, 0.05) is 26.4 Å². The van der Waals surface area contributed by atoms with Crippen LogP contribution in [0.3, 0.4) is 0 Å². The lowest BCUT2D eigenvalue weighted by Gasteiger charge is -2.29. The number of carbonyl (C=O) groups is 3. The van der Waals surface area contributed by atoms with E-state index in [2.05, 4.69) is 5.32 Å². The number of nitrogens with one attached hydrogen (secondary N) is 1. The second kappa shape index (κ2) is 9.60. The van der Waals surface area contributed by atoms with Gasteiger partial charge in [-0.15, -0.1) is 11.3 Å². The van der Waals surface area contributed by atoms with Gasteiger partial charge in [0.25, 0.3) is 0 Å². The van der Waals surface area contributed by atoms with Crippen molar-refractivity contribution in [1.82, 2.24) is 4.57 Å². The van der Waals surface area contributed by atoms with E-state index in [1.54, 1.807) is 48.5 Å². The van der Waals surface area contributed by atoms with E-state index >= 15 is 0 Å². The molecule has 0 unspecified atom stereocenters. The maximum atomic E-state index is 13.7. The van der Waals surface area contributed by atoms with Gasteiger partial charge >= 0.3 is 4.87 Å². The number of hydrogen-bond acceptors (Lipinski definition) is 7. The van der Waals surface area contributed by atoms with Crippen LogP contribution in [0.25, 0.3) is 0 Å². The molecule has 0 bridgehead atoms. The largest absolute Gasteiger partial charge is 0.325 e. The van der Waals surface area contributed by atoms with Crippen molar-refractivity contribution in [3.8, 4) is 0 Å².